The van der Waals surface area contributed by atoms with Crippen LogP contribution in [-0.4, -0.2) is 9.48 Å². The molecule has 0 aromatic rings. The van der Waals surface area contributed by atoms with Crippen molar-refractivity contribution < 1.29 is 4.43 Å². The van der Waals surface area contributed by atoms with Crippen LogP contribution in [0.5, 0.6) is 0 Å². The molecule has 0 fully saturated rings. The molecule has 0 N–H and O–H groups in total. The van der Waals surface area contributed by atoms with E-state index in [1.807, 2.05) is 0 Å². The van der Waals surface area contributed by atoms with Crippen molar-refractivity contribution in [2.24, 2.45) is 0 Å². The van der Waals surface area contributed by atoms with Crippen molar-refractivity contribution in [2.75, 3.05) is 0 Å². The minimum atomic E-state index is 0.00315. The maximum absolute atomic E-state index is 11.8. The molecule has 4 nitrogen and oxygen atoms in total. The van der Waals surface area contributed by atoms with Crippen molar-refractivity contribution >= 4 is 11.8 Å². The summed E-state index contributed by atoms with van der Waals surface area (Å²) >= 11 is 1.57. The summed E-state index contributed by atoms with van der Waals surface area (Å²) in [5, 5.41) is 11.6. The molecule has 0 saturated heterocycles. The molecular formula is C12H14N2O2S. The number of pyridine rings is 2. The highest BCUT2D eigenvalue weighted by Gasteiger charge is 2.20. The molecule has 0 bridgehead atoms. The average Bonchev–Trinajstić information content (AvgIpc) is 2.17. The quantitative estimate of drug-likeness (QED) is 0.577. The van der Waals surface area contributed by atoms with Crippen molar-refractivity contribution in [1.29, 1.82) is 0 Å². The van der Waals surface area contributed by atoms with E-state index in [1.165, 1.54) is 12.4 Å². The van der Waals surface area contributed by atoms with Crippen LogP contribution in [0.1, 0.15) is 20.8 Å². The first kappa shape index (κ1) is 12.0. The van der Waals surface area contributed by atoms with E-state index < -0.39 is 0 Å². The average molecular weight is 250 g/mol. The maximum Gasteiger partial charge on any atom is 0.286 e. The summed E-state index contributed by atoms with van der Waals surface area (Å²) in [5.74, 6) is 0. The fourth-order valence-electron chi connectivity index (χ4n) is 1.58. The van der Waals surface area contributed by atoms with Crippen LogP contribution in [0.4, 0.5) is 0 Å². The van der Waals surface area contributed by atoms with Crippen LogP contribution in [0.3, 0.4) is 0 Å². The Hall–Kier alpha value is -1.49. The molecule has 0 atom stereocenters. The Bertz CT molecular complexity index is 572. The van der Waals surface area contributed by atoms with Gasteiger partial charge in [-0.05, 0) is 18.3 Å². The molecule has 2 heterocycles. The lowest BCUT2D eigenvalue weighted by Crippen LogP contribution is -2.21. The summed E-state index contributed by atoms with van der Waals surface area (Å²) < 4.78 is 1.47. The molecule has 0 aromatic carbocycles. The number of rotatable bonds is 1. The Morgan fingerprint density at radius 2 is 2.12 bits per heavy atom. The molecule has 0 radical (unpaired) electrons. The summed E-state index contributed by atoms with van der Waals surface area (Å²) in [6.45, 7) is 6.19. The van der Waals surface area contributed by atoms with E-state index in [0.717, 1.165) is 14.1 Å². The highest BCUT2D eigenvalue weighted by Crippen LogP contribution is 2.33. The van der Waals surface area contributed by atoms with E-state index in [1.54, 1.807) is 30.0 Å². The van der Waals surface area contributed by atoms with Crippen molar-refractivity contribution in [3.05, 3.63) is 40.7 Å². The monoisotopic (exact) mass is 250 g/mol. The molecule has 0 spiro atoms. The zero-order valence-corrected chi connectivity index (χ0v) is 10.8. The molecule has 2 aliphatic heterocycles. The van der Waals surface area contributed by atoms with Gasteiger partial charge in [0.2, 0.25) is 6.20 Å². The van der Waals surface area contributed by atoms with Crippen LogP contribution in [-0.2, 0) is 0 Å². The second kappa shape index (κ2) is 4.07. The van der Waals surface area contributed by atoms with Gasteiger partial charge in [-0.15, -0.1) is 11.8 Å². The SMILES string of the molecule is CC(C)(C)Sc1cc2n([O-])cccc-2[n+](=O)c1. The second-order valence-electron chi connectivity index (χ2n) is 4.82. The number of thioether (sulfide) groups is 1. The molecular weight excluding hydrogens is 236 g/mol. The molecule has 0 aliphatic carbocycles. The Kier molecular flexibility index (Phi) is 2.87. The zero-order chi connectivity index (χ0) is 12.6. The molecule has 0 amide bonds. The third kappa shape index (κ3) is 2.61. The van der Waals surface area contributed by atoms with Gasteiger partial charge in [-0.2, -0.15) is 0 Å². The standard InChI is InChI=1S/C12H14N2O2S/c1-12(2,3)17-9-7-11-10(14(16)8-9)5-4-6-13(11)15/h4-8H,1-3H3. The molecule has 0 saturated carbocycles. The third-order valence-corrected chi connectivity index (χ3v) is 3.23. The van der Waals surface area contributed by atoms with E-state index in [2.05, 4.69) is 20.8 Å². The molecule has 90 valence electrons. The van der Waals surface area contributed by atoms with Crippen LogP contribution >= 0.6 is 11.8 Å². The van der Waals surface area contributed by atoms with Gasteiger partial charge in [0.25, 0.3) is 5.69 Å². The summed E-state index contributed by atoms with van der Waals surface area (Å²) in [6.07, 6.45) is 2.91. The predicted octanol–water partition coefficient (Wildman–Crippen LogP) is 2.74. The van der Waals surface area contributed by atoms with E-state index in [9.17, 15) is 10.1 Å². The Morgan fingerprint density at radius 3 is 2.76 bits per heavy atom. The maximum atomic E-state index is 11.8. The van der Waals surface area contributed by atoms with Gasteiger partial charge < -0.3 is 9.94 Å². The van der Waals surface area contributed by atoms with Gasteiger partial charge in [-0.25, -0.2) is 0 Å². The summed E-state index contributed by atoms with van der Waals surface area (Å²) in [6, 6.07) is 4.97. The highest BCUT2D eigenvalue weighted by atomic mass is 32.2. The minimum Gasteiger partial charge on any atom is -0.805 e. The smallest absolute Gasteiger partial charge is 0.286 e. The molecule has 0 aromatic heterocycles. The molecule has 0 unspecified atom stereocenters. The van der Waals surface area contributed by atoms with Crippen LogP contribution in [0.25, 0.3) is 11.4 Å². The second-order valence-corrected chi connectivity index (χ2v) is 6.72. The molecule has 17 heavy (non-hydrogen) atoms. The molecule has 2 rings (SSSR count). The zero-order valence-electron chi connectivity index (χ0n) is 10.0. The third-order valence-electron chi connectivity index (χ3n) is 2.16. The van der Waals surface area contributed by atoms with Gasteiger partial charge in [0, 0.05) is 15.7 Å². The fourth-order valence-corrected chi connectivity index (χ4v) is 2.61. The molecule has 2 aliphatic rings. The van der Waals surface area contributed by atoms with Gasteiger partial charge in [0.1, 0.15) is 5.69 Å². The highest BCUT2D eigenvalue weighted by molar-refractivity contribution is 8.00. The number of hydrogen-bond acceptors (Lipinski definition) is 3. The lowest BCUT2D eigenvalue weighted by Gasteiger charge is -2.18. The van der Waals surface area contributed by atoms with Crippen LogP contribution in [0.15, 0.2) is 35.5 Å². The lowest BCUT2D eigenvalue weighted by molar-refractivity contribution is -0.485. The molecule has 5 heteroatoms. The predicted molar refractivity (Wildman–Crippen MR) is 68.8 cm³/mol. The Morgan fingerprint density at radius 1 is 1.41 bits per heavy atom. The van der Waals surface area contributed by atoms with E-state index in [0.29, 0.717) is 11.4 Å². The Labute approximate surface area is 104 Å². The van der Waals surface area contributed by atoms with Gasteiger partial charge in [0.05, 0.1) is 9.32 Å². The minimum absolute atomic E-state index is 0.00315. The topological polar surface area (TPSA) is 51.0 Å². The number of aromatic nitrogens is 2. The van der Waals surface area contributed by atoms with Crippen LogP contribution < -0.4 is 4.43 Å². The van der Waals surface area contributed by atoms with Gasteiger partial charge in [-0.3, -0.25) is 0 Å². The van der Waals surface area contributed by atoms with E-state index in [4.69, 9.17) is 0 Å². The number of nitrogens with zero attached hydrogens (tertiary/aromatic N) is 2. The van der Waals surface area contributed by atoms with Crippen molar-refractivity contribution in [3.63, 3.8) is 0 Å². The van der Waals surface area contributed by atoms with Crippen molar-refractivity contribution in [1.82, 2.24) is 4.73 Å². The summed E-state index contributed by atoms with van der Waals surface area (Å²) in [7, 11) is 0. The van der Waals surface area contributed by atoms with Gasteiger partial charge in [-0.1, -0.05) is 20.8 Å². The van der Waals surface area contributed by atoms with Crippen molar-refractivity contribution in [2.45, 2.75) is 30.4 Å². The summed E-state index contributed by atoms with van der Waals surface area (Å²) in [5.41, 5.74) is 0.789. The van der Waals surface area contributed by atoms with Gasteiger partial charge in [0.15, 0.2) is 0 Å². The van der Waals surface area contributed by atoms with Crippen molar-refractivity contribution in [3.8, 4) is 11.4 Å². The first-order valence-electron chi connectivity index (χ1n) is 5.31. The fraction of sp³-hybridized carbons (Fsp3) is 0.333. The number of hydrogen-bond donors (Lipinski definition) is 0. The van der Waals surface area contributed by atoms with Crippen LogP contribution in [0, 0.1) is 10.1 Å². The van der Waals surface area contributed by atoms with E-state index in [-0.39, 0.29) is 4.75 Å². The lowest BCUT2D eigenvalue weighted by atomic mass is 10.2. The Balaban J connectivity index is 2.59. The van der Waals surface area contributed by atoms with E-state index >= 15 is 0 Å². The largest absolute Gasteiger partial charge is 0.805 e. The normalized spacial score (nSPS) is 11.9. The first-order valence-corrected chi connectivity index (χ1v) is 6.12. The van der Waals surface area contributed by atoms with Gasteiger partial charge >= 0.3 is 0 Å². The number of fused-ring (bicyclic) bond motifs is 1. The summed E-state index contributed by atoms with van der Waals surface area (Å²) in [4.78, 5) is 12.6. The first-order chi connectivity index (χ1) is 7.87. The van der Waals surface area contributed by atoms with Crippen LogP contribution in [0.2, 0.25) is 0 Å².